The molecule has 1 heterocycles. The molecule has 1 fully saturated rings. The molecule has 5 nitrogen and oxygen atoms in total. The second-order valence-electron chi connectivity index (χ2n) is 6.22. The van der Waals surface area contributed by atoms with E-state index in [-0.39, 0.29) is 5.82 Å². The van der Waals surface area contributed by atoms with Crippen LogP contribution in [0.1, 0.15) is 11.1 Å². The minimum Gasteiger partial charge on any atom is -0.497 e. The van der Waals surface area contributed by atoms with Crippen LogP contribution in [-0.2, 0) is 6.54 Å². The Morgan fingerprint density at radius 3 is 2.42 bits per heavy atom. The molecule has 0 saturated carbocycles. The summed E-state index contributed by atoms with van der Waals surface area (Å²) in [6.45, 7) is 3.86. The summed E-state index contributed by atoms with van der Waals surface area (Å²) in [6, 6.07) is 12.4. The van der Waals surface area contributed by atoms with E-state index in [1.807, 2.05) is 29.2 Å². The molecule has 136 valence electrons. The first-order valence-electron chi connectivity index (χ1n) is 8.52. The summed E-state index contributed by atoms with van der Waals surface area (Å²) in [7, 11) is 3.31. The number of nitrogens with zero attached hydrogens (tertiary/aromatic N) is 3. The van der Waals surface area contributed by atoms with Crippen molar-refractivity contribution >= 4 is 5.69 Å². The molecule has 6 heteroatoms. The monoisotopic (exact) mass is 355 g/mol. The van der Waals surface area contributed by atoms with E-state index in [1.165, 1.54) is 6.07 Å². The van der Waals surface area contributed by atoms with Crippen molar-refractivity contribution in [2.75, 3.05) is 45.3 Å². The lowest BCUT2D eigenvalue weighted by molar-refractivity contribution is 0.245. The highest BCUT2D eigenvalue weighted by atomic mass is 19.1. The van der Waals surface area contributed by atoms with Gasteiger partial charge in [0.05, 0.1) is 31.5 Å². The van der Waals surface area contributed by atoms with Crippen LogP contribution in [0.5, 0.6) is 11.5 Å². The highest BCUT2D eigenvalue weighted by Crippen LogP contribution is 2.27. The maximum Gasteiger partial charge on any atom is 0.147 e. The molecule has 3 rings (SSSR count). The standard InChI is InChI=1S/C20H22FN3O2/c1-25-17-4-6-20(26-2)16(12-17)14-23-7-9-24(10-8-23)19-5-3-15(13-22)11-18(19)21/h3-6,11-12H,7-10,14H2,1-2H3. The van der Waals surface area contributed by atoms with Crippen molar-refractivity contribution in [2.24, 2.45) is 0 Å². The number of ether oxygens (including phenoxy) is 2. The van der Waals surface area contributed by atoms with Gasteiger partial charge in [0, 0.05) is 38.3 Å². The summed E-state index contributed by atoms with van der Waals surface area (Å²) in [6.07, 6.45) is 0. The van der Waals surface area contributed by atoms with Crippen molar-refractivity contribution < 1.29 is 13.9 Å². The fourth-order valence-corrected chi connectivity index (χ4v) is 3.23. The molecule has 0 amide bonds. The molecule has 0 aliphatic carbocycles. The van der Waals surface area contributed by atoms with Crippen LogP contribution in [0.2, 0.25) is 0 Å². The van der Waals surface area contributed by atoms with Gasteiger partial charge in [0.15, 0.2) is 0 Å². The normalized spacial score (nSPS) is 14.8. The Morgan fingerprint density at radius 2 is 1.81 bits per heavy atom. The van der Waals surface area contributed by atoms with Crippen LogP contribution in [0, 0.1) is 17.1 Å². The van der Waals surface area contributed by atoms with E-state index in [2.05, 4.69) is 4.90 Å². The Balaban J connectivity index is 1.65. The van der Waals surface area contributed by atoms with Crippen molar-refractivity contribution in [3.8, 4) is 17.6 Å². The molecule has 26 heavy (non-hydrogen) atoms. The number of piperazine rings is 1. The van der Waals surface area contributed by atoms with Gasteiger partial charge in [-0.25, -0.2) is 4.39 Å². The quantitative estimate of drug-likeness (QED) is 0.825. The van der Waals surface area contributed by atoms with E-state index in [0.717, 1.165) is 49.8 Å². The van der Waals surface area contributed by atoms with E-state index >= 15 is 0 Å². The molecule has 0 atom stereocenters. The molecule has 1 aliphatic heterocycles. The van der Waals surface area contributed by atoms with Crippen LogP contribution in [0.4, 0.5) is 10.1 Å². The highest BCUT2D eigenvalue weighted by Gasteiger charge is 2.21. The van der Waals surface area contributed by atoms with Crippen molar-refractivity contribution in [1.82, 2.24) is 4.90 Å². The Morgan fingerprint density at radius 1 is 1.04 bits per heavy atom. The van der Waals surface area contributed by atoms with Crippen molar-refractivity contribution in [3.63, 3.8) is 0 Å². The molecule has 0 N–H and O–H groups in total. The van der Waals surface area contributed by atoms with E-state index in [9.17, 15) is 4.39 Å². The first-order valence-corrected chi connectivity index (χ1v) is 8.52. The summed E-state index contributed by atoms with van der Waals surface area (Å²) in [5.41, 5.74) is 1.97. The largest absolute Gasteiger partial charge is 0.497 e. The SMILES string of the molecule is COc1ccc(OC)c(CN2CCN(c3ccc(C#N)cc3F)CC2)c1. The molecule has 0 bridgehead atoms. The number of benzene rings is 2. The molecule has 0 aromatic heterocycles. The third-order valence-electron chi connectivity index (χ3n) is 4.67. The summed E-state index contributed by atoms with van der Waals surface area (Å²) in [5, 5.41) is 8.86. The van der Waals surface area contributed by atoms with Crippen molar-refractivity contribution in [1.29, 1.82) is 5.26 Å². The fraction of sp³-hybridized carbons (Fsp3) is 0.350. The Labute approximate surface area is 153 Å². The predicted molar refractivity (Wildman–Crippen MR) is 98.2 cm³/mol. The Bertz CT molecular complexity index is 811. The minimum absolute atomic E-state index is 0.341. The summed E-state index contributed by atoms with van der Waals surface area (Å²) >= 11 is 0. The van der Waals surface area contributed by atoms with Crippen LogP contribution < -0.4 is 14.4 Å². The van der Waals surface area contributed by atoms with E-state index in [0.29, 0.717) is 11.3 Å². The van der Waals surface area contributed by atoms with Gasteiger partial charge in [-0.1, -0.05) is 0 Å². The second-order valence-corrected chi connectivity index (χ2v) is 6.22. The molecule has 2 aromatic rings. The van der Waals surface area contributed by atoms with E-state index in [4.69, 9.17) is 14.7 Å². The molecular formula is C20H22FN3O2. The minimum atomic E-state index is -0.341. The lowest BCUT2D eigenvalue weighted by atomic mass is 10.1. The second kappa shape index (κ2) is 8.07. The molecule has 0 radical (unpaired) electrons. The lowest BCUT2D eigenvalue weighted by Gasteiger charge is -2.36. The van der Waals surface area contributed by atoms with Gasteiger partial charge in [0.2, 0.25) is 0 Å². The van der Waals surface area contributed by atoms with Gasteiger partial charge in [0.1, 0.15) is 17.3 Å². The Hall–Kier alpha value is -2.78. The van der Waals surface area contributed by atoms with Crippen LogP contribution in [0.15, 0.2) is 36.4 Å². The lowest BCUT2D eigenvalue weighted by Crippen LogP contribution is -2.46. The number of nitriles is 1. The van der Waals surface area contributed by atoms with Crippen molar-refractivity contribution in [2.45, 2.75) is 6.54 Å². The first kappa shape index (κ1) is 18.0. The fourth-order valence-electron chi connectivity index (χ4n) is 3.23. The molecular weight excluding hydrogens is 333 g/mol. The number of rotatable bonds is 5. The highest BCUT2D eigenvalue weighted by molar-refractivity contribution is 5.51. The van der Waals surface area contributed by atoms with Crippen molar-refractivity contribution in [3.05, 3.63) is 53.3 Å². The van der Waals surface area contributed by atoms with Gasteiger partial charge < -0.3 is 14.4 Å². The zero-order valence-electron chi connectivity index (χ0n) is 15.0. The molecule has 1 saturated heterocycles. The van der Waals surface area contributed by atoms with Crippen LogP contribution in [-0.4, -0.2) is 45.3 Å². The number of hydrogen-bond acceptors (Lipinski definition) is 5. The van der Waals surface area contributed by atoms with E-state index < -0.39 is 0 Å². The third kappa shape index (κ3) is 3.89. The topological polar surface area (TPSA) is 48.7 Å². The van der Waals surface area contributed by atoms with Gasteiger partial charge in [-0.2, -0.15) is 5.26 Å². The van der Waals surface area contributed by atoms with Crippen LogP contribution >= 0.6 is 0 Å². The number of anilines is 1. The summed E-state index contributed by atoms with van der Waals surface area (Å²) < 4.78 is 25.0. The maximum atomic E-state index is 14.2. The van der Waals surface area contributed by atoms with Gasteiger partial charge in [0.25, 0.3) is 0 Å². The molecule has 0 spiro atoms. The van der Waals surface area contributed by atoms with E-state index in [1.54, 1.807) is 26.4 Å². The smallest absolute Gasteiger partial charge is 0.147 e. The van der Waals surface area contributed by atoms with Gasteiger partial charge in [-0.05, 0) is 36.4 Å². The Kier molecular flexibility index (Phi) is 5.59. The predicted octanol–water partition coefficient (Wildman–Crippen LogP) is 3.04. The third-order valence-corrected chi connectivity index (χ3v) is 4.67. The first-order chi connectivity index (χ1) is 12.6. The zero-order valence-corrected chi connectivity index (χ0v) is 15.0. The summed E-state index contributed by atoms with van der Waals surface area (Å²) in [4.78, 5) is 4.34. The number of halogens is 1. The average Bonchev–Trinajstić information content (AvgIpc) is 2.68. The van der Waals surface area contributed by atoms with Crippen LogP contribution in [0.3, 0.4) is 0 Å². The maximum absolute atomic E-state index is 14.2. The molecule has 0 unspecified atom stereocenters. The van der Waals surface area contributed by atoms with Gasteiger partial charge in [-0.3, -0.25) is 4.90 Å². The number of hydrogen-bond donors (Lipinski definition) is 0. The van der Waals surface area contributed by atoms with Gasteiger partial charge >= 0.3 is 0 Å². The molecule has 1 aliphatic rings. The average molecular weight is 355 g/mol. The molecule has 2 aromatic carbocycles. The zero-order chi connectivity index (χ0) is 18.5. The number of methoxy groups -OCH3 is 2. The summed E-state index contributed by atoms with van der Waals surface area (Å²) in [5.74, 6) is 1.30. The van der Waals surface area contributed by atoms with Gasteiger partial charge in [-0.15, -0.1) is 0 Å². The van der Waals surface area contributed by atoms with Crippen LogP contribution in [0.25, 0.3) is 0 Å².